The summed E-state index contributed by atoms with van der Waals surface area (Å²) in [6.07, 6.45) is 1.62. The fourth-order valence-electron chi connectivity index (χ4n) is 1.67. The van der Waals surface area contributed by atoms with Gasteiger partial charge in [0.1, 0.15) is 0 Å². The lowest BCUT2D eigenvalue weighted by molar-refractivity contribution is 1.000. The topological polar surface area (TPSA) is 62.8 Å². The average molecular weight is 292 g/mol. The second-order valence-electron chi connectivity index (χ2n) is 4.04. The molecule has 1 aromatic carbocycles. The van der Waals surface area contributed by atoms with Crippen LogP contribution in [0.25, 0.3) is 0 Å². The van der Waals surface area contributed by atoms with Gasteiger partial charge in [-0.3, -0.25) is 5.41 Å². The number of nitrogens with zero attached hydrogens (tertiary/aromatic N) is 1. The maximum atomic E-state index is 7.71. The molecule has 3 nitrogen and oxygen atoms in total. The van der Waals surface area contributed by atoms with Gasteiger partial charge in [-0.15, -0.1) is 11.8 Å². The lowest BCUT2D eigenvalue weighted by Crippen LogP contribution is -2.22. The van der Waals surface area contributed by atoms with Crippen LogP contribution in [0.1, 0.15) is 11.5 Å². The van der Waals surface area contributed by atoms with Gasteiger partial charge in [0.05, 0.1) is 21.8 Å². The standard InChI is InChI=1S/C14H14ClN3S/c15-11-6-7-13(18-8-11)19-9-12(14(16)17)10-4-2-1-3-5-10/h1-8,12H,9H2,(H3,16,17). The molecule has 0 spiro atoms. The number of halogens is 1. The van der Waals surface area contributed by atoms with Crippen molar-refractivity contribution in [1.82, 2.24) is 4.98 Å². The van der Waals surface area contributed by atoms with Gasteiger partial charge in [-0.05, 0) is 17.7 Å². The summed E-state index contributed by atoms with van der Waals surface area (Å²) < 4.78 is 0. The molecule has 0 radical (unpaired) electrons. The smallest absolute Gasteiger partial charge is 0.0990 e. The van der Waals surface area contributed by atoms with Crippen molar-refractivity contribution in [2.24, 2.45) is 5.73 Å². The summed E-state index contributed by atoms with van der Waals surface area (Å²) in [6, 6.07) is 13.5. The van der Waals surface area contributed by atoms with Crippen LogP contribution in [0.15, 0.2) is 53.7 Å². The first kappa shape index (κ1) is 13.9. The highest BCUT2D eigenvalue weighted by Crippen LogP contribution is 2.25. The van der Waals surface area contributed by atoms with E-state index in [1.54, 1.807) is 18.0 Å². The van der Waals surface area contributed by atoms with Crippen molar-refractivity contribution in [1.29, 1.82) is 5.41 Å². The van der Waals surface area contributed by atoms with E-state index in [0.717, 1.165) is 10.6 Å². The maximum Gasteiger partial charge on any atom is 0.0990 e. The number of aromatic nitrogens is 1. The summed E-state index contributed by atoms with van der Waals surface area (Å²) in [7, 11) is 0. The number of hydrogen-bond donors (Lipinski definition) is 2. The Labute approximate surface area is 121 Å². The lowest BCUT2D eigenvalue weighted by Gasteiger charge is -2.15. The molecule has 0 saturated heterocycles. The minimum absolute atomic E-state index is 0.0938. The molecule has 0 aliphatic carbocycles. The van der Waals surface area contributed by atoms with Gasteiger partial charge < -0.3 is 5.73 Å². The first-order valence-corrected chi connectivity index (χ1v) is 7.16. The average Bonchev–Trinajstić information content (AvgIpc) is 2.42. The van der Waals surface area contributed by atoms with E-state index < -0.39 is 0 Å². The fraction of sp³-hybridized carbons (Fsp3) is 0.143. The van der Waals surface area contributed by atoms with E-state index in [-0.39, 0.29) is 11.8 Å². The van der Waals surface area contributed by atoms with E-state index in [0.29, 0.717) is 10.8 Å². The van der Waals surface area contributed by atoms with Gasteiger partial charge >= 0.3 is 0 Å². The van der Waals surface area contributed by atoms with Crippen LogP contribution in [0.2, 0.25) is 5.02 Å². The van der Waals surface area contributed by atoms with Gasteiger partial charge in [0.25, 0.3) is 0 Å². The van der Waals surface area contributed by atoms with Crippen LogP contribution in [-0.4, -0.2) is 16.6 Å². The molecular weight excluding hydrogens is 278 g/mol. The van der Waals surface area contributed by atoms with E-state index in [9.17, 15) is 0 Å². The van der Waals surface area contributed by atoms with Gasteiger partial charge in [0.2, 0.25) is 0 Å². The van der Waals surface area contributed by atoms with Gasteiger partial charge in [-0.2, -0.15) is 0 Å². The van der Waals surface area contributed by atoms with Gasteiger partial charge in [0, 0.05) is 11.9 Å². The van der Waals surface area contributed by atoms with Crippen LogP contribution in [0, 0.1) is 5.41 Å². The molecule has 98 valence electrons. The predicted octanol–water partition coefficient (Wildman–Crippen LogP) is 3.55. The Morgan fingerprint density at radius 2 is 2.00 bits per heavy atom. The van der Waals surface area contributed by atoms with Crippen molar-refractivity contribution < 1.29 is 0 Å². The Hall–Kier alpha value is -1.52. The molecular formula is C14H14ClN3S. The molecule has 0 aliphatic heterocycles. The Morgan fingerprint density at radius 3 is 2.58 bits per heavy atom. The van der Waals surface area contributed by atoms with E-state index in [2.05, 4.69) is 4.98 Å². The molecule has 0 fully saturated rings. The van der Waals surface area contributed by atoms with Crippen molar-refractivity contribution in [3.05, 3.63) is 59.2 Å². The summed E-state index contributed by atoms with van der Waals surface area (Å²) in [4.78, 5) is 4.22. The third kappa shape index (κ3) is 3.98. The number of nitrogens with one attached hydrogen (secondary N) is 1. The zero-order valence-electron chi connectivity index (χ0n) is 10.2. The summed E-state index contributed by atoms with van der Waals surface area (Å²) in [5.74, 6) is 0.768. The van der Waals surface area contributed by atoms with Crippen molar-refractivity contribution in [3.8, 4) is 0 Å². The van der Waals surface area contributed by atoms with Crippen LogP contribution < -0.4 is 5.73 Å². The molecule has 1 heterocycles. The molecule has 1 atom stereocenters. The number of hydrogen-bond acceptors (Lipinski definition) is 3. The molecule has 3 N–H and O–H groups in total. The monoisotopic (exact) mass is 291 g/mol. The Morgan fingerprint density at radius 1 is 1.26 bits per heavy atom. The number of rotatable bonds is 5. The number of pyridine rings is 1. The Bertz CT molecular complexity index is 542. The molecule has 0 bridgehead atoms. The molecule has 2 aromatic rings. The normalized spacial score (nSPS) is 12.1. The van der Waals surface area contributed by atoms with Crippen molar-refractivity contribution in [2.45, 2.75) is 10.9 Å². The van der Waals surface area contributed by atoms with Crippen LogP contribution in [-0.2, 0) is 0 Å². The summed E-state index contributed by atoms with van der Waals surface area (Å²) >= 11 is 7.36. The summed E-state index contributed by atoms with van der Waals surface area (Å²) in [6.45, 7) is 0. The fourth-order valence-corrected chi connectivity index (χ4v) is 2.78. The zero-order chi connectivity index (χ0) is 13.7. The van der Waals surface area contributed by atoms with Crippen molar-refractivity contribution >= 4 is 29.2 Å². The SMILES string of the molecule is N=C(N)C(CSc1ccc(Cl)cn1)c1ccccc1. The number of thioether (sulfide) groups is 1. The molecule has 2 rings (SSSR count). The third-order valence-corrected chi connectivity index (χ3v) is 3.94. The van der Waals surface area contributed by atoms with E-state index in [1.165, 1.54) is 0 Å². The lowest BCUT2D eigenvalue weighted by atomic mass is 10.0. The van der Waals surface area contributed by atoms with Gasteiger partial charge in [-0.1, -0.05) is 41.9 Å². The first-order chi connectivity index (χ1) is 9.16. The summed E-state index contributed by atoms with van der Waals surface area (Å²) in [5, 5.41) is 9.21. The highest BCUT2D eigenvalue weighted by atomic mass is 35.5. The predicted molar refractivity (Wildman–Crippen MR) is 81.1 cm³/mol. The van der Waals surface area contributed by atoms with Crippen LogP contribution in [0.4, 0.5) is 0 Å². The summed E-state index contributed by atoms with van der Waals surface area (Å²) in [5.41, 5.74) is 6.74. The van der Waals surface area contributed by atoms with Crippen LogP contribution >= 0.6 is 23.4 Å². The number of amidine groups is 1. The highest BCUT2D eigenvalue weighted by molar-refractivity contribution is 7.99. The molecule has 0 aliphatic rings. The highest BCUT2D eigenvalue weighted by Gasteiger charge is 2.15. The molecule has 0 amide bonds. The Balaban J connectivity index is 2.06. The maximum absolute atomic E-state index is 7.71. The minimum Gasteiger partial charge on any atom is -0.387 e. The Kier molecular flexibility index (Phi) is 4.82. The van der Waals surface area contributed by atoms with E-state index >= 15 is 0 Å². The quantitative estimate of drug-likeness (QED) is 0.503. The largest absolute Gasteiger partial charge is 0.387 e. The van der Waals surface area contributed by atoms with E-state index in [4.69, 9.17) is 22.7 Å². The third-order valence-electron chi connectivity index (χ3n) is 2.68. The van der Waals surface area contributed by atoms with Crippen LogP contribution in [0.3, 0.4) is 0 Å². The van der Waals surface area contributed by atoms with Crippen molar-refractivity contribution in [3.63, 3.8) is 0 Å². The molecule has 19 heavy (non-hydrogen) atoms. The first-order valence-electron chi connectivity index (χ1n) is 5.80. The van der Waals surface area contributed by atoms with Crippen LogP contribution in [0.5, 0.6) is 0 Å². The number of benzene rings is 1. The zero-order valence-corrected chi connectivity index (χ0v) is 11.8. The van der Waals surface area contributed by atoms with Gasteiger partial charge in [-0.25, -0.2) is 4.98 Å². The van der Waals surface area contributed by atoms with Crippen molar-refractivity contribution in [2.75, 3.05) is 5.75 Å². The molecule has 0 saturated carbocycles. The minimum atomic E-state index is -0.0938. The van der Waals surface area contributed by atoms with Gasteiger partial charge in [0.15, 0.2) is 0 Å². The molecule has 1 aromatic heterocycles. The molecule has 1 unspecified atom stereocenters. The molecule has 5 heteroatoms. The second-order valence-corrected chi connectivity index (χ2v) is 5.52. The van der Waals surface area contributed by atoms with E-state index in [1.807, 2.05) is 42.5 Å². The second kappa shape index (κ2) is 6.59. The number of nitrogens with two attached hydrogens (primary N) is 1.